The first kappa shape index (κ1) is 16.5. The summed E-state index contributed by atoms with van der Waals surface area (Å²) in [6.45, 7) is 1.86. The molecule has 0 spiro atoms. The van der Waals surface area contributed by atoms with E-state index in [9.17, 15) is 4.79 Å². The molecule has 4 rings (SSSR count). The molecule has 7 heteroatoms. The highest BCUT2D eigenvalue weighted by molar-refractivity contribution is 7.98. The highest BCUT2D eigenvalue weighted by Crippen LogP contribution is 2.38. The van der Waals surface area contributed by atoms with Crippen LogP contribution in [0.15, 0.2) is 46.2 Å². The van der Waals surface area contributed by atoms with Gasteiger partial charge in [-0.3, -0.25) is 9.78 Å². The Labute approximate surface area is 155 Å². The average molecular weight is 364 g/mol. The van der Waals surface area contributed by atoms with Crippen LogP contribution >= 0.6 is 11.8 Å². The SMILES string of the molecule is CSc1nc2c(c(-c3ccc(C)o3)n1)C(=O)N(C)/C2=C\c1ccncc1. The molecule has 1 aliphatic rings. The number of rotatable bonds is 3. The van der Waals surface area contributed by atoms with Crippen LogP contribution in [-0.2, 0) is 0 Å². The molecule has 0 unspecified atom stereocenters. The fourth-order valence-corrected chi connectivity index (χ4v) is 3.24. The largest absolute Gasteiger partial charge is 0.460 e. The summed E-state index contributed by atoms with van der Waals surface area (Å²) >= 11 is 1.43. The number of hydrogen-bond acceptors (Lipinski definition) is 6. The summed E-state index contributed by atoms with van der Waals surface area (Å²) in [4.78, 5) is 27.7. The maximum absolute atomic E-state index is 12.9. The standard InChI is InChI=1S/C19H16N4O2S/c1-11-4-5-14(25-11)17-15-16(21-19(22-17)26-3)13(23(2)18(15)24)10-12-6-8-20-9-7-12/h4-10H,1-3H3/b13-10-. The average Bonchev–Trinajstić information content (AvgIpc) is 3.19. The summed E-state index contributed by atoms with van der Waals surface area (Å²) in [5.41, 5.74) is 3.31. The van der Waals surface area contributed by atoms with Crippen molar-refractivity contribution in [3.8, 4) is 11.5 Å². The number of fused-ring (bicyclic) bond motifs is 1. The number of aryl methyl sites for hydroxylation is 1. The first-order valence-corrected chi connectivity index (χ1v) is 9.24. The van der Waals surface area contributed by atoms with E-state index in [1.165, 1.54) is 11.8 Å². The molecule has 1 aliphatic heterocycles. The lowest BCUT2D eigenvalue weighted by Gasteiger charge is -2.10. The smallest absolute Gasteiger partial charge is 0.262 e. The van der Waals surface area contributed by atoms with Crippen LogP contribution in [0.3, 0.4) is 0 Å². The van der Waals surface area contributed by atoms with Crippen LogP contribution in [-0.4, -0.2) is 39.1 Å². The number of nitrogens with zero attached hydrogens (tertiary/aromatic N) is 4. The van der Waals surface area contributed by atoms with Gasteiger partial charge in [0.25, 0.3) is 5.91 Å². The van der Waals surface area contributed by atoms with E-state index in [0.717, 1.165) is 17.0 Å². The first-order chi connectivity index (χ1) is 12.6. The Morgan fingerprint density at radius 1 is 1.12 bits per heavy atom. The lowest BCUT2D eigenvalue weighted by Crippen LogP contribution is -2.17. The normalized spacial score (nSPS) is 15.0. The number of thioether (sulfide) groups is 1. The lowest BCUT2D eigenvalue weighted by molar-refractivity contribution is 0.0875. The van der Waals surface area contributed by atoms with E-state index in [-0.39, 0.29) is 5.91 Å². The minimum Gasteiger partial charge on any atom is -0.460 e. The summed E-state index contributed by atoms with van der Waals surface area (Å²) in [6.07, 6.45) is 7.27. The van der Waals surface area contributed by atoms with Crippen LogP contribution in [0.2, 0.25) is 0 Å². The molecular formula is C19H16N4O2S. The van der Waals surface area contributed by atoms with Crippen molar-refractivity contribution in [2.45, 2.75) is 12.1 Å². The van der Waals surface area contributed by atoms with E-state index in [4.69, 9.17) is 4.42 Å². The number of carbonyl (C=O) groups is 1. The first-order valence-electron chi connectivity index (χ1n) is 8.01. The second-order valence-corrected chi connectivity index (χ2v) is 6.64. The van der Waals surface area contributed by atoms with Crippen LogP contribution in [0.1, 0.15) is 27.4 Å². The number of furan rings is 1. The van der Waals surface area contributed by atoms with Crippen LogP contribution in [0.5, 0.6) is 0 Å². The quantitative estimate of drug-likeness (QED) is 0.521. The van der Waals surface area contributed by atoms with Crippen LogP contribution in [0.4, 0.5) is 0 Å². The van der Waals surface area contributed by atoms with Gasteiger partial charge in [0, 0.05) is 19.4 Å². The molecule has 0 radical (unpaired) electrons. The fraction of sp³-hybridized carbons (Fsp3) is 0.158. The van der Waals surface area contributed by atoms with Crippen LogP contribution in [0, 0.1) is 6.92 Å². The van der Waals surface area contributed by atoms with E-state index in [1.807, 2.05) is 43.5 Å². The summed E-state index contributed by atoms with van der Waals surface area (Å²) in [7, 11) is 1.74. The third-order valence-corrected chi connectivity index (χ3v) is 4.72. The van der Waals surface area contributed by atoms with Gasteiger partial charge in [0.1, 0.15) is 17.1 Å². The van der Waals surface area contributed by atoms with Crippen molar-refractivity contribution in [3.05, 3.63) is 59.2 Å². The number of aromatic nitrogens is 3. The van der Waals surface area contributed by atoms with Crippen molar-refractivity contribution in [1.82, 2.24) is 19.9 Å². The minimum atomic E-state index is -0.142. The second kappa shape index (κ2) is 6.42. The molecule has 0 aromatic carbocycles. The number of hydrogen-bond donors (Lipinski definition) is 0. The predicted molar refractivity (Wildman–Crippen MR) is 100 cm³/mol. The second-order valence-electron chi connectivity index (χ2n) is 5.87. The third kappa shape index (κ3) is 2.70. The molecule has 3 aromatic rings. The highest BCUT2D eigenvalue weighted by atomic mass is 32.2. The van der Waals surface area contributed by atoms with Crippen molar-refractivity contribution in [3.63, 3.8) is 0 Å². The van der Waals surface area contributed by atoms with Crippen molar-refractivity contribution in [2.24, 2.45) is 0 Å². The van der Waals surface area contributed by atoms with Gasteiger partial charge in [-0.1, -0.05) is 11.8 Å². The molecule has 0 saturated carbocycles. The molecule has 6 nitrogen and oxygen atoms in total. The van der Waals surface area contributed by atoms with Crippen molar-refractivity contribution >= 4 is 29.4 Å². The van der Waals surface area contributed by atoms with Gasteiger partial charge in [0.05, 0.1) is 11.3 Å². The Morgan fingerprint density at radius 3 is 2.50 bits per heavy atom. The van der Waals surface area contributed by atoms with Crippen LogP contribution < -0.4 is 0 Å². The molecule has 1 amide bonds. The van der Waals surface area contributed by atoms with Crippen LogP contribution in [0.25, 0.3) is 23.2 Å². The molecule has 0 saturated heterocycles. The number of carbonyl (C=O) groups excluding carboxylic acids is 1. The Balaban J connectivity index is 1.96. The Kier molecular flexibility index (Phi) is 4.08. The monoisotopic (exact) mass is 364 g/mol. The zero-order chi connectivity index (χ0) is 18.3. The molecule has 0 aliphatic carbocycles. The topological polar surface area (TPSA) is 72.1 Å². The molecule has 4 heterocycles. The van der Waals surface area contributed by atoms with Crippen molar-refractivity contribution in [1.29, 1.82) is 0 Å². The molecular weight excluding hydrogens is 348 g/mol. The molecule has 3 aromatic heterocycles. The van der Waals surface area contributed by atoms with E-state index < -0.39 is 0 Å². The lowest BCUT2D eigenvalue weighted by atomic mass is 10.1. The fourth-order valence-electron chi connectivity index (χ4n) is 2.88. The van der Waals surface area contributed by atoms with Gasteiger partial charge in [-0.25, -0.2) is 9.97 Å². The van der Waals surface area contributed by atoms with Gasteiger partial charge < -0.3 is 9.32 Å². The van der Waals surface area contributed by atoms with Gasteiger partial charge in [-0.15, -0.1) is 0 Å². The highest BCUT2D eigenvalue weighted by Gasteiger charge is 2.36. The summed E-state index contributed by atoms with van der Waals surface area (Å²) in [6, 6.07) is 7.47. The maximum Gasteiger partial charge on any atom is 0.262 e. The molecule has 0 atom stereocenters. The van der Waals surface area contributed by atoms with Crippen molar-refractivity contribution in [2.75, 3.05) is 13.3 Å². The van der Waals surface area contributed by atoms with Gasteiger partial charge in [0.15, 0.2) is 10.9 Å². The Morgan fingerprint density at radius 2 is 1.85 bits per heavy atom. The van der Waals surface area contributed by atoms with Gasteiger partial charge in [-0.2, -0.15) is 0 Å². The molecule has 130 valence electrons. The van der Waals surface area contributed by atoms with Gasteiger partial charge in [0.2, 0.25) is 0 Å². The van der Waals surface area contributed by atoms with E-state index in [0.29, 0.717) is 27.9 Å². The van der Waals surface area contributed by atoms with Gasteiger partial charge >= 0.3 is 0 Å². The number of amides is 1. The van der Waals surface area contributed by atoms with E-state index >= 15 is 0 Å². The summed E-state index contributed by atoms with van der Waals surface area (Å²) in [5.74, 6) is 1.20. The summed E-state index contributed by atoms with van der Waals surface area (Å²) in [5, 5.41) is 0.594. The summed E-state index contributed by atoms with van der Waals surface area (Å²) < 4.78 is 5.73. The Hall–Kier alpha value is -2.93. The van der Waals surface area contributed by atoms with Crippen molar-refractivity contribution < 1.29 is 9.21 Å². The Bertz CT molecular complexity index is 1030. The molecule has 0 N–H and O–H groups in total. The third-order valence-electron chi connectivity index (χ3n) is 4.18. The minimum absolute atomic E-state index is 0.142. The molecule has 26 heavy (non-hydrogen) atoms. The number of pyridine rings is 1. The van der Waals surface area contributed by atoms with E-state index in [1.54, 1.807) is 24.3 Å². The van der Waals surface area contributed by atoms with Gasteiger partial charge in [-0.05, 0) is 49.1 Å². The predicted octanol–water partition coefficient (Wildman–Crippen LogP) is 3.75. The molecule has 0 bridgehead atoms. The maximum atomic E-state index is 12.9. The zero-order valence-electron chi connectivity index (χ0n) is 14.6. The van der Waals surface area contributed by atoms with E-state index in [2.05, 4.69) is 15.0 Å². The zero-order valence-corrected chi connectivity index (χ0v) is 15.4. The molecule has 0 fully saturated rings.